The topological polar surface area (TPSA) is 24.9 Å². The molecule has 1 aromatic carbocycles. The Kier molecular flexibility index (Phi) is 5.55. The third-order valence-corrected chi connectivity index (χ3v) is 4.08. The van der Waals surface area contributed by atoms with E-state index in [1.54, 1.807) is 11.3 Å². The van der Waals surface area contributed by atoms with Crippen LogP contribution in [0.3, 0.4) is 0 Å². The fourth-order valence-corrected chi connectivity index (χ4v) is 2.96. The molecule has 2 rings (SSSR count). The Morgan fingerprint density at radius 1 is 1.21 bits per heavy atom. The summed E-state index contributed by atoms with van der Waals surface area (Å²) in [5.41, 5.74) is 2.75. The molecule has 2 aromatic rings. The van der Waals surface area contributed by atoms with Crippen molar-refractivity contribution in [3.63, 3.8) is 0 Å². The smallest absolute Gasteiger partial charge is 0.0928 e. The highest BCUT2D eigenvalue weighted by Crippen LogP contribution is 2.16. The van der Waals surface area contributed by atoms with Crippen molar-refractivity contribution >= 4 is 11.3 Å². The number of aryl methyl sites for hydroxylation is 1. The van der Waals surface area contributed by atoms with E-state index in [4.69, 9.17) is 0 Å². The van der Waals surface area contributed by atoms with Gasteiger partial charge in [0.05, 0.1) is 5.01 Å². The lowest BCUT2D eigenvalue weighted by atomic mass is 9.95. The Labute approximate surface area is 119 Å². The van der Waals surface area contributed by atoms with Crippen molar-refractivity contribution in [2.45, 2.75) is 26.7 Å². The standard InChI is InChI=1S/C16H22N2S/c1-3-17-12-15(11-16-18-8-9-19-16)10-14-6-4-13(2)5-7-14/h4-9,15,17H,3,10-12H2,1-2H3. The first-order chi connectivity index (χ1) is 9.28. The Balaban J connectivity index is 1.98. The van der Waals surface area contributed by atoms with Crippen LogP contribution in [0, 0.1) is 12.8 Å². The van der Waals surface area contributed by atoms with Gasteiger partial charge in [0.15, 0.2) is 0 Å². The zero-order valence-electron chi connectivity index (χ0n) is 11.7. The molecule has 0 bridgehead atoms. The van der Waals surface area contributed by atoms with Crippen LogP contribution in [0.4, 0.5) is 0 Å². The minimum Gasteiger partial charge on any atom is -0.317 e. The fraction of sp³-hybridized carbons (Fsp3) is 0.438. The lowest BCUT2D eigenvalue weighted by Crippen LogP contribution is -2.25. The molecule has 0 fully saturated rings. The van der Waals surface area contributed by atoms with Gasteiger partial charge in [-0.15, -0.1) is 11.3 Å². The van der Waals surface area contributed by atoms with E-state index in [2.05, 4.69) is 53.8 Å². The number of benzene rings is 1. The molecule has 19 heavy (non-hydrogen) atoms. The van der Waals surface area contributed by atoms with Crippen molar-refractivity contribution in [1.29, 1.82) is 0 Å². The number of thiazole rings is 1. The van der Waals surface area contributed by atoms with E-state index < -0.39 is 0 Å². The molecule has 1 aromatic heterocycles. The first-order valence-electron chi connectivity index (χ1n) is 6.92. The molecular formula is C16H22N2S. The minimum atomic E-state index is 0.619. The summed E-state index contributed by atoms with van der Waals surface area (Å²) >= 11 is 1.76. The normalized spacial score (nSPS) is 12.5. The average Bonchev–Trinajstić information content (AvgIpc) is 2.91. The summed E-state index contributed by atoms with van der Waals surface area (Å²) in [6, 6.07) is 8.89. The van der Waals surface area contributed by atoms with Crippen LogP contribution in [0.15, 0.2) is 35.8 Å². The van der Waals surface area contributed by atoms with Crippen molar-refractivity contribution < 1.29 is 0 Å². The highest BCUT2D eigenvalue weighted by atomic mass is 32.1. The van der Waals surface area contributed by atoms with Crippen molar-refractivity contribution in [3.8, 4) is 0 Å². The zero-order valence-corrected chi connectivity index (χ0v) is 12.5. The van der Waals surface area contributed by atoms with Gasteiger partial charge in [-0.1, -0.05) is 36.8 Å². The molecule has 1 N–H and O–H groups in total. The molecule has 2 nitrogen and oxygen atoms in total. The molecule has 102 valence electrons. The molecular weight excluding hydrogens is 252 g/mol. The molecule has 1 unspecified atom stereocenters. The maximum Gasteiger partial charge on any atom is 0.0928 e. The van der Waals surface area contributed by atoms with Crippen LogP contribution in [-0.4, -0.2) is 18.1 Å². The van der Waals surface area contributed by atoms with Crippen LogP contribution < -0.4 is 5.32 Å². The van der Waals surface area contributed by atoms with Gasteiger partial charge in [-0.05, 0) is 37.9 Å². The summed E-state index contributed by atoms with van der Waals surface area (Å²) in [5.74, 6) is 0.619. The van der Waals surface area contributed by atoms with E-state index in [0.717, 1.165) is 25.9 Å². The largest absolute Gasteiger partial charge is 0.317 e. The van der Waals surface area contributed by atoms with Crippen molar-refractivity contribution in [3.05, 3.63) is 52.0 Å². The van der Waals surface area contributed by atoms with E-state index in [0.29, 0.717) is 5.92 Å². The molecule has 0 aliphatic carbocycles. The highest BCUT2D eigenvalue weighted by Gasteiger charge is 2.12. The molecule has 3 heteroatoms. The van der Waals surface area contributed by atoms with Gasteiger partial charge in [-0.3, -0.25) is 0 Å². The van der Waals surface area contributed by atoms with Gasteiger partial charge in [0, 0.05) is 18.0 Å². The van der Waals surface area contributed by atoms with Gasteiger partial charge in [-0.2, -0.15) is 0 Å². The summed E-state index contributed by atoms with van der Waals surface area (Å²) in [6.45, 7) is 6.38. The molecule has 0 spiro atoms. The SMILES string of the molecule is CCNCC(Cc1ccc(C)cc1)Cc1nccs1. The predicted octanol–water partition coefficient (Wildman–Crippen LogP) is 3.46. The Hall–Kier alpha value is -1.19. The van der Waals surface area contributed by atoms with Crippen LogP contribution in [0.2, 0.25) is 0 Å². The van der Waals surface area contributed by atoms with E-state index in [9.17, 15) is 0 Å². The van der Waals surface area contributed by atoms with Crippen LogP contribution in [0.5, 0.6) is 0 Å². The van der Waals surface area contributed by atoms with Crippen LogP contribution in [0.25, 0.3) is 0 Å². The number of rotatable bonds is 7. The maximum absolute atomic E-state index is 4.41. The Morgan fingerprint density at radius 2 is 2.00 bits per heavy atom. The van der Waals surface area contributed by atoms with E-state index >= 15 is 0 Å². The maximum atomic E-state index is 4.41. The van der Waals surface area contributed by atoms with Crippen molar-refractivity contribution in [2.75, 3.05) is 13.1 Å². The van der Waals surface area contributed by atoms with E-state index in [1.165, 1.54) is 16.1 Å². The van der Waals surface area contributed by atoms with Crippen LogP contribution in [0.1, 0.15) is 23.1 Å². The van der Waals surface area contributed by atoms with Gasteiger partial charge in [0.1, 0.15) is 0 Å². The quantitative estimate of drug-likeness (QED) is 0.836. The first-order valence-corrected chi connectivity index (χ1v) is 7.80. The fourth-order valence-electron chi connectivity index (χ4n) is 2.22. The minimum absolute atomic E-state index is 0.619. The molecule has 0 aliphatic heterocycles. The van der Waals surface area contributed by atoms with Crippen molar-refractivity contribution in [1.82, 2.24) is 10.3 Å². The lowest BCUT2D eigenvalue weighted by Gasteiger charge is -2.16. The summed E-state index contributed by atoms with van der Waals surface area (Å²) in [7, 11) is 0. The number of hydrogen-bond donors (Lipinski definition) is 1. The average molecular weight is 274 g/mol. The molecule has 1 heterocycles. The molecule has 0 saturated carbocycles. The lowest BCUT2D eigenvalue weighted by molar-refractivity contribution is 0.477. The first kappa shape index (κ1) is 14.2. The highest BCUT2D eigenvalue weighted by molar-refractivity contribution is 7.09. The van der Waals surface area contributed by atoms with Crippen LogP contribution in [-0.2, 0) is 12.8 Å². The van der Waals surface area contributed by atoms with E-state index in [1.807, 2.05) is 6.20 Å². The predicted molar refractivity (Wildman–Crippen MR) is 82.7 cm³/mol. The second-order valence-corrected chi connectivity index (χ2v) is 5.97. The zero-order chi connectivity index (χ0) is 13.5. The second kappa shape index (κ2) is 7.41. The van der Waals surface area contributed by atoms with Gasteiger partial charge in [0.25, 0.3) is 0 Å². The molecule has 1 atom stereocenters. The summed E-state index contributed by atoms with van der Waals surface area (Å²) < 4.78 is 0. The summed E-state index contributed by atoms with van der Waals surface area (Å²) in [4.78, 5) is 4.41. The molecule has 0 aliphatic rings. The monoisotopic (exact) mass is 274 g/mol. The number of hydrogen-bond acceptors (Lipinski definition) is 3. The van der Waals surface area contributed by atoms with Gasteiger partial charge < -0.3 is 5.32 Å². The Morgan fingerprint density at radius 3 is 2.63 bits per heavy atom. The number of nitrogens with one attached hydrogen (secondary N) is 1. The number of aromatic nitrogens is 1. The van der Waals surface area contributed by atoms with Gasteiger partial charge in [-0.25, -0.2) is 4.98 Å². The van der Waals surface area contributed by atoms with Crippen molar-refractivity contribution in [2.24, 2.45) is 5.92 Å². The molecule has 0 saturated heterocycles. The van der Waals surface area contributed by atoms with Crippen LogP contribution >= 0.6 is 11.3 Å². The van der Waals surface area contributed by atoms with E-state index in [-0.39, 0.29) is 0 Å². The molecule has 0 amide bonds. The molecule has 0 radical (unpaired) electrons. The summed E-state index contributed by atoms with van der Waals surface area (Å²) in [5, 5.41) is 6.78. The third-order valence-electron chi connectivity index (χ3n) is 3.27. The second-order valence-electron chi connectivity index (χ2n) is 4.99. The van der Waals surface area contributed by atoms with Gasteiger partial charge >= 0.3 is 0 Å². The van der Waals surface area contributed by atoms with Gasteiger partial charge in [0.2, 0.25) is 0 Å². The third kappa shape index (κ3) is 4.77. The number of nitrogens with zero attached hydrogens (tertiary/aromatic N) is 1. The summed E-state index contributed by atoms with van der Waals surface area (Å²) in [6.07, 6.45) is 4.08. The Bertz CT molecular complexity index is 462.